The van der Waals surface area contributed by atoms with E-state index in [0.717, 1.165) is 31.7 Å². The van der Waals surface area contributed by atoms with Gasteiger partial charge in [-0.25, -0.2) is 0 Å². The molecule has 7 heteroatoms. The number of hydrogen-bond acceptors (Lipinski definition) is 4. The van der Waals surface area contributed by atoms with E-state index < -0.39 is 0 Å². The van der Waals surface area contributed by atoms with Crippen molar-refractivity contribution in [2.75, 3.05) is 32.7 Å². The van der Waals surface area contributed by atoms with Crippen LogP contribution in [0.25, 0.3) is 0 Å². The molecular formula is C20H26N3O4+. The Morgan fingerprint density at radius 2 is 1.89 bits per heavy atom. The lowest BCUT2D eigenvalue weighted by Gasteiger charge is -2.40. The van der Waals surface area contributed by atoms with E-state index in [4.69, 9.17) is 0 Å². The molecule has 7 nitrogen and oxygen atoms in total. The van der Waals surface area contributed by atoms with Crippen molar-refractivity contribution in [3.63, 3.8) is 0 Å². The van der Waals surface area contributed by atoms with Gasteiger partial charge in [0, 0.05) is 56.1 Å². The summed E-state index contributed by atoms with van der Waals surface area (Å²) < 4.78 is 1.89. The lowest BCUT2D eigenvalue weighted by molar-refractivity contribution is -0.903. The fraction of sp³-hybridized carbons (Fsp3) is 0.600. The molecule has 27 heavy (non-hydrogen) atoms. The molecule has 3 aliphatic heterocycles. The highest BCUT2D eigenvalue weighted by Crippen LogP contribution is 2.29. The van der Waals surface area contributed by atoms with E-state index in [1.54, 1.807) is 11.0 Å². The minimum atomic E-state index is -0.152. The number of likely N-dealkylation sites (tertiary alicyclic amines) is 2. The van der Waals surface area contributed by atoms with Gasteiger partial charge in [0.2, 0.25) is 5.91 Å². The first-order valence-electron chi connectivity index (χ1n) is 9.84. The fourth-order valence-corrected chi connectivity index (χ4v) is 4.89. The van der Waals surface area contributed by atoms with Crippen LogP contribution in [0.15, 0.2) is 23.0 Å². The molecule has 3 aliphatic rings. The van der Waals surface area contributed by atoms with E-state index in [0.29, 0.717) is 44.3 Å². The van der Waals surface area contributed by atoms with Crippen LogP contribution < -0.4 is 10.5 Å². The smallest absolute Gasteiger partial charge is 0.250 e. The number of quaternary nitrogens is 1. The quantitative estimate of drug-likeness (QED) is 0.688. The number of rotatable bonds is 4. The van der Waals surface area contributed by atoms with Gasteiger partial charge in [-0.05, 0) is 12.5 Å². The molecule has 2 fully saturated rings. The van der Waals surface area contributed by atoms with Crippen molar-refractivity contribution in [1.82, 2.24) is 9.47 Å². The summed E-state index contributed by atoms with van der Waals surface area (Å²) in [4.78, 5) is 51.0. The standard InChI is InChI=1S/C20H25N3O4/c24-16-4-6-22(7-5-16)20(27)9-17(25)13-21-10-14-8-15(12-21)18-2-1-3-19(26)23(18)11-14/h1-3,14-15H,4-13H2/p+1/t14-,15+/m0/s1. The van der Waals surface area contributed by atoms with Gasteiger partial charge in [0.15, 0.2) is 5.78 Å². The molecule has 1 unspecified atom stereocenters. The second-order valence-electron chi connectivity index (χ2n) is 8.17. The zero-order chi connectivity index (χ0) is 19.0. The zero-order valence-corrected chi connectivity index (χ0v) is 15.5. The molecule has 4 heterocycles. The maximum atomic E-state index is 12.5. The van der Waals surface area contributed by atoms with E-state index in [1.165, 1.54) is 4.90 Å². The van der Waals surface area contributed by atoms with Gasteiger partial charge in [0.25, 0.3) is 5.56 Å². The fourth-order valence-electron chi connectivity index (χ4n) is 4.89. The largest absolute Gasteiger partial charge is 0.341 e. The number of amides is 1. The van der Waals surface area contributed by atoms with E-state index in [2.05, 4.69) is 0 Å². The predicted octanol–water partition coefficient (Wildman–Crippen LogP) is -0.999. The monoisotopic (exact) mass is 372 g/mol. The maximum absolute atomic E-state index is 12.5. The predicted molar refractivity (Wildman–Crippen MR) is 97.6 cm³/mol. The number of carbonyl (C=O) groups is 3. The molecule has 4 rings (SSSR count). The first kappa shape index (κ1) is 18.1. The van der Waals surface area contributed by atoms with Gasteiger partial charge < -0.3 is 14.4 Å². The third-order valence-corrected chi connectivity index (χ3v) is 6.14. The second kappa shape index (κ2) is 7.38. The highest BCUT2D eigenvalue weighted by atomic mass is 16.2. The summed E-state index contributed by atoms with van der Waals surface area (Å²) in [5.41, 5.74) is 1.14. The van der Waals surface area contributed by atoms with Gasteiger partial charge in [-0.15, -0.1) is 0 Å². The van der Waals surface area contributed by atoms with Gasteiger partial charge in [-0.3, -0.25) is 19.2 Å². The van der Waals surface area contributed by atoms with Crippen molar-refractivity contribution in [3.8, 4) is 0 Å². The molecule has 0 saturated carbocycles. The molecule has 0 spiro atoms. The second-order valence-corrected chi connectivity index (χ2v) is 8.17. The normalized spacial score (nSPS) is 27.2. The summed E-state index contributed by atoms with van der Waals surface area (Å²) in [7, 11) is 0. The lowest BCUT2D eigenvalue weighted by Crippen LogP contribution is -3.15. The van der Waals surface area contributed by atoms with E-state index in [1.807, 2.05) is 16.7 Å². The molecule has 3 atom stereocenters. The first-order valence-corrected chi connectivity index (χ1v) is 9.84. The average Bonchev–Trinajstić information content (AvgIpc) is 2.63. The highest BCUT2D eigenvalue weighted by Gasteiger charge is 2.38. The Morgan fingerprint density at radius 3 is 2.67 bits per heavy atom. The maximum Gasteiger partial charge on any atom is 0.250 e. The topological polar surface area (TPSA) is 80.9 Å². The van der Waals surface area contributed by atoms with Gasteiger partial charge in [0.05, 0.1) is 19.5 Å². The number of ketones is 2. The molecule has 144 valence electrons. The summed E-state index contributed by atoms with van der Waals surface area (Å²) in [5, 5.41) is 0. The number of Topliss-reactive ketones (excluding diaryl/α,β-unsaturated/α-hetero) is 2. The molecule has 0 aromatic carbocycles. The van der Waals surface area contributed by atoms with E-state index >= 15 is 0 Å². The van der Waals surface area contributed by atoms with Crippen LogP contribution in [0, 0.1) is 5.92 Å². The number of nitrogens with one attached hydrogen (secondary N) is 1. The van der Waals surface area contributed by atoms with Gasteiger partial charge in [-0.2, -0.15) is 0 Å². The van der Waals surface area contributed by atoms with Crippen LogP contribution in [0.2, 0.25) is 0 Å². The molecule has 2 saturated heterocycles. The van der Waals surface area contributed by atoms with Crippen molar-refractivity contribution in [2.45, 2.75) is 38.1 Å². The lowest BCUT2D eigenvalue weighted by atomic mass is 9.83. The Kier molecular flexibility index (Phi) is 4.95. The van der Waals surface area contributed by atoms with Crippen LogP contribution in [0.1, 0.15) is 37.3 Å². The first-order chi connectivity index (χ1) is 13.0. The Labute approximate surface area is 157 Å². The number of piperidine rings is 2. The highest BCUT2D eigenvalue weighted by molar-refractivity contribution is 5.99. The minimum Gasteiger partial charge on any atom is -0.341 e. The van der Waals surface area contributed by atoms with E-state index in [9.17, 15) is 19.2 Å². The summed E-state index contributed by atoms with van der Waals surface area (Å²) in [6, 6.07) is 5.45. The van der Waals surface area contributed by atoms with Crippen molar-refractivity contribution >= 4 is 17.5 Å². The molecule has 1 aromatic heterocycles. The molecule has 1 amide bonds. The van der Waals surface area contributed by atoms with Gasteiger partial charge in [0.1, 0.15) is 12.3 Å². The molecule has 0 aliphatic carbocycles. The van der Waals surface area contributed by atoms with Crippen LogP contribution in [0.3, 0.4) is 0 Å². The zero-order valence-electron chi connectivity index (χ0n) is 15.5. The summed E-state index contributed by atoms with van der Waals surface area (Å²) in [6.45, 7) is 3.68. The van der Waals surface area contributed by atoms with Crippen LogP contribution in [0.5, 0.6) is 0 Å². The average molecular weight is 372 g/mol. The molecular weight excluding hydrogens is 346 g/mol. The van der Waals surface area contributed by atoms with Crippen molar-refractivity contribution < 1.29 is 19.3 Å². The molecule has 1 N–H and O–H groups in total. The van der Waals surface area contributed by atoms with Crippen LogP contribution in [-0.2, 0) is 20.9 Å². The van der Waals surface area contributed by atoms with Crippen LogP contribution in [-0.4, -0.2) is 59.7 Å². The Morgan fingerprint density at radius 1 is 1.11 bits per heavy atom. The third-order valence-electron chi connectivity index (χ3n) is 6.14. The molecule has 0 radical (unpaired) electrons. The van der Waals surface area contributed by atoms with E-state index in [-0.39, 0.29) is 29.5 Å². The summed E-state index contributed by atoms with van der Waals surface area (Å²) >= 11 is 0. The Hall–Kier alpha value is -2.28. The van der Waals surface area contributed by atoms with Crippen LogP contribution >= 0.6 is 0 Å². The van der Waals surface area contributed by atoms with Gasteiger partial charge in [-0.1, -0.05) is 6.07 Å². The number of nitrogens with zero attached hydrogens (tertiary/aromatic N) is 2. The van der Waals surface area contributed by atoms with Crippen molar-refractivity contribution in [2.24, 2.45) is 5.92 Å². The number of carbonyl (C=O) groups excluding carboxylic acids is 3. The van der Waals surface area contributed by atoms with Gasteiger partial charge >= 0.3 is 0 Å². The Bertz CT molecular complexity index is 821. The summed E-state index contributed by atoms with van der Waals surface area (Å²) in [5.74, 6) is 0.716. The molecule has 1 aromatic rings. The number of aromatic nitrogens is 1. The number of pyridine rings is 1. The number of hydrogen-bond donors (Lipinski definition) is 1. The minimum absolute atomic E-state index is 0.0303. The molecule has 2 bridgehead atoms. The Balaban J connectivity index is 1.34. The SMILES string of the molecule is O=C1CCN(C(=O)CC(=O)C[NH+]2C[C@@H]3C[C@H](C2)c2cccc(=O)n2C3)CC1. The summed E-state index contributed by atoms with van der Waals surface area (Å²) in [6.07, 6.45) is 1.81. The van der Waals surface area contributed by atoms with Crippen molar-refractivity contribution in [3.05, 3.63) is 34.2 Å². The number of fused-ring (bicyclic) bond motifs is 4. The van der Waals surface area contributed by atoms with Crippen LogP contribution in [0.4, 0.5) is 0 Å². The van der Waals surface area contributed by atoms with Crippen molar-refractivity contribution in [1.29, 1.82) is 0 Å². The third kappa shape index (κ3) is 3.88.